The fourth-order valence-corrected chi connectivity index (χ4v) is 1.42. The zero-order chi connectivity index (χ0) is 11.5. The van der Waals surface area contributed by atoms with Crippen molar-refractivity contribution in [2.45, 2.75) is 4.90 Å². The van der Waals surface area contributed by atoms with Crippen molar-refractivity contribution in [1.82, 2.24) is 0 Å². The summed E-state index contributed by atoms with van der Waals surface area (Å²) in [7, 11) is -4.25. The van der Waals surface area contributed by atoms with Gasteiger partial charge in [0.15, 0.2) is 0 Å². The molecule has 0 saturated carbocycles. The lowest BCUT2D eigenvalue weighted by molar-refractivity contribution is -0.113. The molecular formula is C8H7NO5S. The highest BCUT2D eigenvalue weighted by molar-refractivity contribution is 7.85. The van der Waals surface area contributed by atoms with Gasteiger partial charge in [-0.25, -0.2) is 0 Å². The first-order valence-electron chi connectivity index (χ1n) is 3.75. The zero-order valence-electron chi connectivity index (χ0n) is 7.40. The van der Waals surface area contributed by atoms with Crippen LogP contribution in [-0.2, 0) is 19.7 Å². The van der Waals surface area contributed by atoms with Gasteiger partial charge in [0.1, 0.15) is 0 Å². The monoisotopic (exact) mass is 229 g/mol. The van der Waals surface area contributed by atoms with Gasteiger partial charge in [-0.1, -0.05) is 0 Å². The van der Waals surface area contributed by atoms with E-state index in [2.05, 4.69) is 0 Å². The number of hydrogen-bond donors (Lipinski definition) is 1. The predicted molar refractivity (Wildman–Crippen MR) is 50.9 cm³/mol. The molecule has 6 nitrogen and oxygen atoms in total. The zero-order valence-corrected chi connectivity index (χ0v) is 8.22. The van der Waals surface area contributed by atoms with E-state index in [1.165, 1.54) is 12.1 Å². The van der Waals surface area contributed by atoms with Crippen LogP contribution in [0.15, 0.2) is 29.2 Å². The SMILES string of the molecule is O=CN(C=O)c1ccc(S(=O)(=O)O)cc1. The maximum atomic E-state index is 10.7. The molecule has 0 aromatic heterocycles. The molecule has 0 aliphatic carbocycles. The van der Waals surface area contributed by atoms with Gasteiger partial charge in [0, 0.05) is 0 Å². The summed E-state index contributed by atoms with van der Waals surface area (Å²) in [5, 5.41) is 0. The highest BCUT2D eigenvalue weighted by Gasteiger charge is 2.10. The van der Waals surface area contributed by atoms with Crippen LogP contribution in [0.4, 0.5) is 5.69 Å². The van der Waals surface area contributed by atoms with Crippen LogP contribution in [0.2, 0.25) is 0 Å². The lowest BCUT2D eigenvalue weighted by Crippen LogP contribution is -2.18. The second kappa shape index (κ2) is 4.20. The molecule has 0 fully saturated rings. The number of anilines is 1. The molecule has 1 rings (SSSR count). The van der Waals surface area contributed by atoms with Crippen LogP contribution in [0, 0.1) is 0 Å². The summed E-state index contributed by atoms with van der Waals surface area (Å²) in [5.74, 6) is 0. The van der Waals surface area contributed by atoms with Crippen LogP contribution in [0.1, 0.15) is 0 Å². The molecule has 0 bridgehead atoms. The Kier molecular flexibility index (Phi) is 3.17. The Labute approximate surface area is 85.9 Å². The van der Waals surface area contributed by atoms with Gasteiger partial charge in [0.25, 0.3) is 10.1 Å². The van der Waals surface area contributed by atoms with Gasteiger partial charge in [0.2, 0.25) is 12.8 Å². The number of hydrogen-bond acceptors (Lipinski definition) is 4. The highest BCUT2D eigenvalue weighted by atomic mass is 32.2. The quantitative estimate of drug-likeness (QED) is 0.582. The van der Waals surface area contributed by atoms with Gasteiger partial charge in [-0.15, -0.1) is 0 Å². The van der Waals surface area contributed by atoms with Crippen molar-refractivity contribution in [1.29, 1.82) is 0 Å². The van der Waals surface area contributed by atoms with E-state index in [0.29, 0.717) is 0 Å². The first-order valence-corrected chi connectivity index (χ1v) is 5.19. The van der Waals surface area contributed by atoms with Gasteiger partial charge in [0.05, 0.1) is 10.6 Å². The van der Waals surface area contributed by atoms with E-state index in [4.69, 9.17) is 4.55 Å². The van der Waals surface area contributed by atoms with Crippen molar-refractivity contribution in [2.75, 3.05) is 4.90 Å². The smallest absolute Gasteiger partial charge is 0.282 e. The topological polar surface area (TPSA) is 91.8 Å². The van der Waals surface area contributed by atoms with Crippen LogP contribution in [0.25, 0.3) is 0 Å². The molecule has 80 valence electrons. The van der Waals surface area contributed by atoms with Crippen molar-refractivity contribution in [3.63, 3.8) is 0 Å². The molecule has 0 radical (unpaired) electrons. The summed E-state index contributed by atoms with van der Waals surface area (Å²) in [6.45, 7) is 0. The minimum absolute atomic E-state index is 0.215. The fourth-order valence-electron chi connectivity index (χ4n) is 0.937. The van der Waals surface area contributed by atoms with Gasteiger partial charge in [-0.2, -0.15) is 8.42 Å². The van der Waals surface area contributed by atoms with Gasteiger partial charge >= 0.3 is 0 Å². The molecule has 0 spiro atoms. The molecule has 0 heterocycles. The van der Waals surface area contributed by atoms with E-state index in [1.54, 1.807) is 0 Å². The maximum Gasteiger partial charge on any atom is 0.294 e. The third-order valence-corrected chi connectivity index (χ3v) is 2.53. The van der Waals surface area contributed by atoms with Crippen molar-refractivity contribution in [3.8, 4) is 0 Å². The number of imide groups is 1. The van der Waals surface area contributed by atoms with E-state index in [9.17, 15) is 18.0 Å². The molecule has 2 amide bonds. The first-order chi connectivity index (χ1) is 6.99. The van der Waals surface area contributed by atoms with E-state index in [1.807, 2.05) is 0 Å². The number of benzene rings is 1. The Morgan fingerprint density at radius 2 is 1.53 bits per heavy atom. The van der Waals surface area contributed by atoms with Crippen LogP contribution in [-0.4, -0.2) is 25.8 Å². The second-order valence-corrected chi connectivity index (χ2v) is 4.01. The molecule has 1 aromatic carbocycles. The molecule has 1 N–H and O–H groups in total. The summed E-state index contributed by atoms with van der Waals surface area (Å²) in [5.41, 5.74) is 0.215. The Morgan fingerprint density at radius 1 is 1.07 bits per heavy atom. The summed E-state index contributed by atoms with van der Waals surface area (Å²) >= 11 is 0. The van der Waals surface area contributed by atoms with Crippen molar-refractivity contribution >= 4 is 28.6 Å². The summed E-state index contributed by atoms with van der Waals surface area (Å²) in [4.78, 5) is 21.1. The van der Waals surface area contributed by atoms with Crippen LogP contribution in [0.3, 0.4) is 0 Å². The van der Waals surface area contributed by atoms with E-state index in [-0.39, 0.29) is 23.4 Å². The molecule has 0 aliphatic rings. The van der Waals surface area contributed by atoms with E-state index >= 15 is 0 Å². The van der Waals surface area contributed by atoms with E-state index in [0.717, 1.165) is 17.0 Å². The lowest BCUT2D eigenvalue weighted by Gasteiger charge is -2.08. The number of nitrogens with zero attached hydrogens (tertiary/aromatic N) is 1. The predicted octanol–water partition coefficient (Wildman–Crippen LogP) is 0.0525. The van der Waals surface area contributed by atoms with Gasteiger partial charge in [-0.3, -0.25) is 19.0 Å². The Balaban J connectivity index is 3.10. The number of amides is 2. The van der Waals surface area contributed by atoms with Crippen molar-refractivity contribution < 1.29 is 22.6 Å². The first kappa shape index (κ1) is 11.3. The van der Waals surface area contributed by atoms with Crippen molar-refractivity contribution in [2.24, 2.45) is 0 Å². The third-order valence-electron chi connectivity index (χ3n) is 1.66. The lowest BCUT2D eigenvalue weighted by atomic mass is 10.3. The average Bonchev–Trinajstić information content (AvgIpc) is 2.19. The molecule has 0 aliphatic heterocycles. The minimum Gasteiger partial charge on any atom is -0.282 e. The van der Waals surface area contributed by atoms with Crippen LogP contribution in [0.5, 0.6) is 0 Å². The minimum atomic E-state index is -4.25. The van der Waals surface area contributed by atoms with Gasteiger partial charge in [-0.05, 0) is 24.3 Å². The Bertz CT molecular complexity index is 456. The third kappa shape index (κ3) is 2.61. The molecule has 0 atom stereocenters. The molecule has 0 unspecified atom stereocenters. The summed E-state index contributed by atoms with van der Waals surface area (Å²) in [6.07, 6.45) is 0.574. The van der Waals surface area contributed by atoms with E-state index < -0.39 is 10.1 Å². The molecule has 0 saturated heterocycles. The molecule has 7 heteroatoms. The van der Waals surface area contributed by atoms with Crippen molar-refractivity contribution in [3.05, 3.63) is 24.3 Å². The Morgan fingerprint density at radius 3 is 1.87 bits per heavy atom. The average molecular weight is 229 g/mol. The molecular weight excluding hydrogens is 222 g/mol. The van der Waals surface area contributed by atoms with Gasteiger partial charge < -0.3 is 0 Å². The normalized spacial score (nSPS) is 10.7. The summed E-state index contributed by atoms with van der Waals surface area (Å²) < 4.78 is 30.0. The number of carbonyl (C=O) groups is 2. The fraction of sp³-hybridized carbons (Fsp3) is 0. The van der Waals surface area contributed by atoms with Crippen LogP contribution >= 0.6 is 0 Å². The van der Waals surface area contributed by atoms with Crippen LogP contribution < -0.4 is 4.90 Å². The number of carbonyl (C=O) groups excluding carboxylic acids is 2. The standard InChI is InChI=1S/C8H7NO5S/c10-5-9(6-11)7-1-3-8(4-2-7)15(12,13)14/h1-6H,(H,12,13,14). The maximum absolute atomic E-state index is 10.7. The second-order valence-electron chi connectivity index (χ2n) is 2.59. The summed E-state index contributed by atoms with van der Waals surface area (Å²) in [6, 6.07) is 4.63. The molecule has 1 aromatic rings. The Hall–Kier alpha value is -1.73. The number of rotatable bonds is 4. The molecule has 15 heavy (non-hydrogen) atoms. The highest BCUT2D eigenvalue weighted by Crippen LogP contribution is 2.15. The largest absolute Gasteiger partial charge is 0.294 e.